The van der Waals surface area contributed by atoms with Gasteiger partial charge in [0.25, 0.3) is 0 Å². The van der Waals surface area contributed by atoms with Crippen molar-refractivity contribution in [2.24, 2.45) is 5.92 Å². The monoisotopic (exact) mass is 240 g/mol. The van der Waals surface area contributed by atoms with Crippen molar-refractivity contribution in [3.63, 3.8) is 0 Å². The molecule has 0 radical (unpaired) electrons. The molecule has 2 unspecified atom stereocenters. The Labute approximate surface area is 108 Å². The number of nitrogens with one attached hydrogen (secondary N) is 1. The highest BCUT2D eigenvalue weighted by Gasteiger charge is 2.24. The molecule has 1 rings (SSSR count). The van der Waals surface area contributed by atoms with Crippen LogP contribution in [0.25, 0.3) is 0 Å². The van der Waals surface area contributed by atoms with Crippen LogP contribution in [0.5, 0.6) is 0 Å². The lowest BCUT2D eigenvalue weighted by Crippen LogP contribution is -2.33. The Balaban J connectivity index is 2.00. The van der Waals surface area contributed by atoms with E-state index in [-0.39, 0.29) is 0 Å². The number of unbranched alkanes of at least 4 members (excludes halogenated alkanes) is 1. The summed E-state index contributed by atoms with van der Waals surface area (Å²) in [6.07, 6.45) is 8.30. The summed E-state index contributed by atoms with van der Waals surface area (Å²) >= 11 is 0. The summed E-state index contributed by atoms with van der Waals surface area (Å²) in [5, 5.41) is 3.77. The summed E-state index contributed by atoms with van der Waals surface area (Å²) in [6.45, 7) is 9.32. The van der Waals surface area contributed by atoms with E-state index in [9.17, 15) is 0 Å². The molecule has 0 aliphatic heterocycles. The molecule has 1 saturated carbocycles. The summed E-state index contributed by atoms with van der Waals surface area (Å²) < 4.78 is 0. The van der Waals surface area contributed by atoms with Crippen LogP contribution in [0.4, 0.5) is 0 Å². The van der Waals surface area contributed by atoms with Gasteiger partial charge >= 0.3 is 0 Å². The van der Waals surface area contributed by atoms with Crippen molar-refractivity contribution in [1.29, 1.82) is 0 Å². The third-order valence-electron chi connectivity index (χ3n) is 4.41. The van der Waals surface area contributed by atoms with Crippen LogP contribution in [-0.2, 0) is 0 Å². The van der Waals surface area contributed by atoms with Crippen molar-refractivity contribution < 1.29 is 0 Å². The minimum Gasteiger partial charge on any atom is -0.314 e. The predicted molar refractivity (Wildman–Crippen MR) is 76.4 cm³/mol. The van der Waals surface area contributed by atoms with Crippen LogP contribution in [0.1, 0.15) is 59.3 Å². The fourth-order valence-corrected chi connectivity index (χ4v) is 2.83. The van der Waals surface area contributed by atoms with Crippen molar-refractivity contribution in [2.75, 3.05) is 20.1 Å². The SMILES string of the molecule is CCC1CCCC1NCCCCN(C)C(C)C. The van der Waals surface area contributed by atoms with Crippen molar-refractivity contribution in [3.05, 3.63) is 0 Å². The van der Waals surface area contributed by atoms with Gasteiger partial charge in [0, 0.05) is 12.1 Å². The smallest absolute Gasteiger partial charge is 0.00952 e. The van der Waals surface area contributed by atoms with Gasteiger partial charge in [-0.15, -0.1) is 0 Å². The number of nitrogens with zero attached hydrogens (tertiary/aromatic N) is 1. The summed E-state index contributed by atoms with van der Waals surface area (Å²) in [4.78, 5) is 2.43. The maximum absolute atomic E-state index is 3.77. The van der Waals surface area contributed by atoms with E-state index in [4.69, 9.17) is 0 Å². The summed E-state index contributed by atoms with van der Waals surface area (Å²) in [5.41, 5.74) is 0. The van der Waals surface area contributed by atoms with Gasteiger partial charge in [0.1, 0.15) is 0 Å². The van der Waals surface area contributed by atoms with Gasteiger partial charge in [0.15, 0.2) is 0 Å². The maximum Gasteiger partial charge on any atom is 0.00952 e. The van der Waals surface area contributed by atoms with E-state index in [0.717, 1.165) is 12.0 Å². The lowest BCUT2D eigenvalue weighted by molar-refractivity contribution is 0.266. The van der Waals surface area contributed by atoms with Crippen LogP contribution in [0.2, 0.25) is 0 Å². The molecule has 0 aromatic heterocycles. The number of hydrogen-bond donors (Lipinski definition) is 1. The molecule has 0 spiro atoms. The first kappa shape index (κ1) is 15.0. The highest BCUT2D eigenvalue weighted by Crippen LogP contribution is 2.27. The molecule has 1 aliphatic rings. The second kappa shape index (κ2) is 8.10. The number of hydrogen-bond acceptors (Lipinski definition) is 2. The molecule has 2 atom stereocenters. The fraction of sp³-hybridized carbons (Fsp3) is 1.00. The van der Waals surface area contributed by atoms with Crippen LogP contribution < -0.4 is 5.32 Å². The second-order valence-corrected chi connectivity index (χ2v) is 5.94. The van der Waals surface area contributed by atoms with Gasteiger partial charge in [-0.05, 0) is 65.6 Å². The van der Waals surface area contributed by atoms with Crippen LogP contribution in [0.15, 0.2) is 0 Å². The second-order valence-electron chi connectivity index (χ2n) is 5.94. The highest BCUT2D eigenvalue weighted by molar-refractivity contribution is 4.82. The third-order valence-corrected chi connectivity index (χ3v) is 4.41. The molecular weight excluding hydrogens is 208 g/mol. The van der Waals surface area contributed by atoms with Gasteiger partial charge in [0.05, 0.1) is 0 Å². The molecule has 17 heavy (non-hydrogen) atoms. The first-order valence-electron chi connectivity index (χ1n) is 7.58. The van der Waals surface area contributed by atoms with Crippen molar-refractivity contribution >= 4 is 0 Å². The summed E-state index contributed by atoms with van der Waals surface area (Å²) in [6, 6.07) is 1.50. The van der Waals surface area contributed by atoms with Crippen molar-refractivity contribution in [2.45, 2.75) is 71.4 Å². The highest BCUT2D eigenvalue weighted by atomic mass is 15.1. The summed E-state index contributed by atoms with van der Waals surface area (Å²) in [7, 11) is 2.22. The van der Waals surface area contributed by atoms with E-state index in [2.05, 4.69) is 38.0 Å². The first-order valence-corrected chi connectivity index (χ1v) is 7.58. The molecule has 0 aromatic rings. The van der Waals surface area contributed by atoms with Crippen LogP contribution in [0.3, 0.4) is 0 Å². The first-order chi connectivity index (χ1) is 8.15. The van der Waals surface area contributed by atoms with Crippen LogP contribution in [-0.4, -0.2) is 37.1 Å². The molecule has 2 heteroatoms. The Hall–Kier alpha value is -0.0800. The Morgan fingerprint density at radius 3 is 2.65 bits per heavy atom. The zero-order valence-electron chi connectivity index (χ0n) is 12.3. The summed E-state index contributed by atoms with van der Waals surface area (Å²) in [5.74, 6) is 0.952. The molecule has 1 fully saturated rings. The standard InChI is InChI=1S/C15H32N2/c1-5-14-9-8-10-15(14)16-11-6-7-12-17(4)13(2)3/h13-16H,5-12H2,1-4H3. The van der Waals surface area contributed by atoms with Gasteiger partial charge in [0.2, 0.25) is 0 Å². The zero-order chi connectivity index (χ0) is 12.7. The Kier molecular flexibility index (Phi) is 7.14. The van der Waals surface area contributed by atoms with Gasteiger partial charge < -0.3 is 10.2 Å². The Morgan fingerprint density at radius 1 is 1.24 bits per heavy atom. The van der Waals surface area contributed by atoms with Crippen molar-refractivity contribution in [3.8, 4) is 0 Å². The van der Waals surface area contributed by atoms with Gasteiger partial charge in [-0.3, -0.25) is 0 Å². The third kappa shape index (κ3) is 5.39. The number of rotatable bonds is 8. The van der Waals surface area contributed by atoms with E-state index >= 15 is 0 Å². The average Bonchev–Trinajstić information content (AvgIpc) is 2.75. The normalized spacial score (nSPS) is 25.1. The minimum absolute atomic E-state index is 0.683. The lowest BCUT2D eigenvalue weighted by atomic mass is 10.0. The van der Waals surface area contributed by atoms with Crippen molar-refractivity contribution in [1.82, 2.24) is 10.2 Å². The quantitative estimate of drug-likeness (QED) is 0.655. The fourth-order valence-electron chi connectivity index (χ4n) is 2.83. The molecule has 0 saturated heterocycles. The van der Waals surface area contributed by atoms with E-state index < -0.39 is 0 Å². The largest absolute Gasteiger partial charge is 0.314 e. The predicted octanol–water partition coefficient (Wildman–Crippen LogP) is 3.28. The van der Waals surface area contributed by atoms with Gasteiger partial charge in [-0.2, -0.15) is 0 Å². The molecule has 1 aliphatic carbocycles. The Bertz CT molecular complexity index is 191. The zero-order valence-corrected chi connectivity index (χ0v) is 12.3. The molecule has 0 heterocycles. The molecule has 102 valence electrons. The van der Waals surface area contributed by atoms with Gasteiger partial charge in [-0.25, -0.2) is 0 Å². The Morgan fingerprint density at radius 2 is 2.00 bits per heavy atom. The van der Waals surface area contributed by atoms with E-state index in [1.165, 1.54) is 51.6 Å². The van der Waals surface area contributed by atoms with Crippen LogP contribution in [0, 0.1) is 5.92 Å². The average molecular weight is 240 g/mol. The molecule has 0 aromatic carbocycles. The minimum atomic E-state index is 0.683. The molecule has 0 amide bonds. The lowest BCUT2D eigenvalue weighted by Gasteiger charge is -2.22. The molecule has 0 bridgehead atoms. The maximum atomic E-state index is 3.77. The van der Waals surface area contributed by atoms with E-state index in [1.807, 2.05) is 0 Å². The molecule has 1 N–H and O–H groups in total. The van der Waals surface area contributed by atoms with E-state index in [0.29, 0.717) is 6.04 Å². The topological polar surface area (TPSA) is 15.3 Å². The van der Waals surface area contributed by atoms with Crippen LogP contribution >= 0.6 is 0 Å². The van der Waals surface area contributed by atoms with E-state index in [1.54, 1.807) is 0 Å². The molecule has 2 nitrogen and oxygen atoms in total. The van der Waals surface area contributed by atoms with Gasteiger partial charge in [-0.1, -0.05) is 19.8 Å². The molecular formula is C15H32N2.